The van der Waals surface area contributed by atoms with Crippen molar-refractivity contribution in [2.45, 2.75) is 33.3 Å². The van der Waals surface area contributed by atoms with Gasteiger partial charge in [0, 0.05) is 5.02 Å². The Morgan fingerprint density at radius 1 is 1.25 bits per heavy atom. The van der Waals surface area contributed by atoms with E-state index in [9.17, 15) is 4.79 Å². The second kappa shape index (κ2) is 5.29. The standard InChI is InChI=1S/C15H17ClN2O2/c1-10-13(14(19)20-15(2,3)4)9-17-18(10)12-7-5-11(16)6-8-12/h5-9H,1-4H3. The molecule has 1 aromatic heterocycles. The Kier molecular flexibility index (Phi) is 3.86. The fourth-order valence-electron chi connectivity index (χ4n) is 1.79. The van der Waals surface area contributed by atoms with Crippen molar-refractivity contribution in [1.29, 1.82) is 0 Å². The fourth-order valence-corrected chi connectivity index (χ4v) is 1.91. The van der Waals surface area contributed by atoms with Crippen molar-refractivity contribution >= 4 is 17.6 Å². The molecule has 0 saturated heterocycles. The molecule has 5 heteroatoms. The number of benzene rings is 1. The monoisotopic (exact) mass is 292 g/mol. The fraction of sp³-hybridized carbons (Fsp3) is 0.333. The number of halogens is 1. The largest absolute Gasteiger partial charge is 0.456 e. The molecule has 0 aliphatic heterocycles. The molecular formula is C15H17ClN2O2. The molecule has 0 aliphatic carbocycles. The van der Waals surface area contributed by atoms with E-state index in [1.54, 1.807) is 16.8 Å². The van der Waals surface area contributed by atoms with Crippen molar-refractivity contribution in [3.63, 3.8) is 0 Å². The summed E-state index contributed by atoms with van der Waals surface area (Å²) in [5.41, 5.74) is 1.53. The van der Waals surface area contributed by atoms with E-state index in [2.05, 4.69) is 5.10 Å². The lowest BCUT2D eigenvalue weighted by molar-refractivity contribution is 0.00687. The molecule has 0 N–H and O–H groups in total. The highest BCUT2D eigenvalue weighted by Gasteiger charge is 2.22. The first-order valence-corrected chi connectivity index (χ1v) is 6.69. The van der Waals surface area contributed by atoms with Crippen LogP contribution in [-0.4, -0.2) is 21.4 Å². The van der Waals surface area contributed by atoms with E-state index in [4.69, 9.17) is 16.3 Å². The number of ether oxygens (including phenoxy) is 1. The van der Waals surface area contributed by atoms with Gasteiger partial charge in [-0.2, -0.15) is 5.10 Å². The summed E-state index contributed by atoms with van der Waals surface area (Å²) in [5.74, 6) is -0.366. The van der Waals surface area contributed by atoms with Gasteiger partial charge >= 0.3 is 5.97 Å². The molecule has 0 bridgehead atoms. The van der Waals surface area contributed by atoms with Gasteiger partial charge in [-0.1, -0.05) is 11.6 Å². The first kappa shape index (κ1) is 14.6. The van der Waals surface area contributed by atoms with Crippen molar-refractivity contribution in [2.24, 2.45) is 0 Å². The predicted octanol–water partition coefficient (Wildman–Crippen LogP) is 3.79. The van der Waals surface area contributed by atoms with E-state index in [1.165, 1.54) is 6.20 Å². The maximum atomic E-state index is 12.1. The minimum absolute atomic E-state index is 0.366. The number of aromatic nitrogens is 2. The highest BCUT2D eigenvalue weighted by Crippen LogP contribution is 2.19. The van der Waals surface area contributed by atoms with Gasteiger partial charge in [0.15, 0.2) is 0 Å². The summed E-state index contributed by atoms with van der Waals surface area (Å²) in [4.78, 5) is 12.1. The average Bonchev–Trinajstić information content (AvgIpc) is 2.70. The van der Waals surface area contributed by atoms with Gasteiger partial charge in [0.05, 0.1) is 17.6 Å². The predicted molar refractivity (Wildman–Crippen MR) is 78.5 cm³/mol. The zero-order valence-corrected chi connectivity index (χ0v) is 12.7. The first-order chi connectivity index (χ1) is 9.28. The molecule has 4 nitrogen and oxygen atoms in total. The molecule has 0 spiro atoms. The third-order valence-electron chi connectivity index (χ3n) is 2.70. The number of carbonyl (C=O) groups is 1. The van der Waals surface area contributed by atoms with Gasteiger partial charge in [-0.25, -0.2) is 9.48 Å². The van der Waals surface area contributed by atoms with Gasteiger partial charge in [0.2, 0.25) is 0 Å². The number of esters is 1. The molecule has 106 valence electrons. The molecule has 0 saturated carbocycles. The van der Waals surface area contributed by atoms with Gasteiger partial charge in [-0.05, 0) is 52.0 Å². The lowest BCUT2D eigenvalue weighted by atomic mass is 10.2. The van der Waals surface area contributed by atoms with Crippen molar-refractivity contribution in [2.75, 3.05) is 0 Å². The Morgan fingerprint density at radius 3 is 2.40 bits per heavy atom. The Hall–Kier alpha value is -1.81. The topological polar surface area (TPSA) is 44.1 Å². The summed E-state index contributed by atoms with van der Waals surface area (Å²) >= 11 is 5.86. The van der Waals surface area contributed by atoms with Crippen molar-refractivity contribution in [3.05, 3.63) is 46.7 Å². The van der Waals surface area contributed by atoms with Crippen LogP contribution in [0.25, 0.3) is 5.69 Å². The lowest BCUT2D eigenvalue weighted by Gasteiger charge is -2.19. The normalized spacial score (nSPS) is 11.4. The smallest absolute Gasteiger partial charge is 0.342 e. The van der Waals surface area contributed by atoms with Crippen LogP contribution in [0.2, 0.25) is 5.02 Å². The molecule has 0 radical (unpaired) electrons. The Morgan fingerprint density at radius 2 is 1.85 bits per heavy atom. The third-order valence-corrected chi connectivity index (χ3v) is 2.95. The van der Waals surface area contributed by atoms with Crippen LogP contribution in [0.4, 0.5) is 0 Å². The quantitative estimate of drug-likeness (QED) is 0.791. The van der Waals surface area contributed by atoms with Gasteiger partial charge in [-0.3, -0.25) is 0 Å². The second-order valence-electron chi connectivity index (χ2n) is 5.53. The van der Waals surface area contributed by atoms with Crippen LogP contribution in [0.15, 0.2) is 30.5 Å². The molecule has 0 amide bonds. The summed E-state index contributed by atoms with van der Waals surface area (Å²) in [6.07, 6.45) is 1.53. The molecule has 2 aromatic rings. The summed E-state index contributed by atoms with van der Waals surface area (Å²) in [5, 5.41) is 4.90. The summed E-state index contributed by atoms with van der Waals surface area (Å²) < 4.78 is 7.05. The number of nitrogens with zero attached hydrogens (tertiary/aromatic N) is 2. The molecule has 1 heterocycles. The number of hydrogen-bond donors (Lipinski definition) is 0. The van der Waals surface area contributed by atoms with Gasteiger partial charge < -0.3 is 4.74 Å². The molecule has 20 heavy (non-hydrogen) atoms. The Bertz CT molecular complexity index is 624. The zero-order chi connectivity index (χ0) is 14.9. The maximum Gasteiger partial charge on any atom is 0.342 e. The van der Waals surface area contributed by atoms with Crippen LogP contribution in [0, 0.1) is 6.92 Å². The van der Waals surface area contributed by atoms with Gasteiger partial charge in [0.1, 0.15) is 11.2 Å². The molecule has 0 aliphatic rings. The van der Waals surface area contributed by atoms with Crippen LogP contribution < -0.4 is 0 Å². The molecule has 0 atom stereocenters. The van der Waals surface area contributed by atoms with Crippen molar-refractivity contribution in [1.82, 2.24) is 9.78 Å². The highest BCUT2D eigenvalue weighted by atomic mass is 35.5. The number of rotatable bonds is 2. The minimum Gasteiger partial charge on any atom is -0.456 e. The SMILES string of the molecule is Cc1c(C(=O)OC(C)(C)C)cnn1-c1ccc(Cl)cc1. The van der Waals surface area contributed by atoms with E-state index in [0.717, 1.165) is 11.4 Å². The molecule has 0 unspecified atom stereocenters. The van der Waals surface area contributed by atoms with Crippen LogP contribution in [0.1, 0.15) is 36.8 Å². The van der Waals surface area contributed by atoms with Crippen LogP contribution in [-0.2, 0) is 4.74 Å². The molecule has 1 aromatic carbocycles. The highest BCUT2D eigenvalue weighted by molar-refractivity contribution is 6.30. The average molecular weight is 293 g/mol. The third kappa shape index (κ3) is 3.20. The molecular weight excluding hydrogens is 276 g/mol. The Labute approximate surface area is 123 Å². The minimum atomic E-state index is -0.522. The van der Waals surface area contributed by atoms with Gasteiger partial charge in [-0.15, -0.1) is 0 Å². The first-order valence-electron chi connectivity index (χ1n) is 6.32. The Balaban J connectivity index is 2.32. The van der Waals surface area contributed by atoms with Gasteiger partial charge in [0.25, 0.3) is 0 Å². The van der Waals surface area contributed by atoms with Crippen molar-refractivity contribution < 1.29 is 9.53 Å². The summed E-state index contributed by atoms with van der Waals surface area (Å²) in [7, 11) is 0. The van der Waals surface area contributed by atoms with Crippen LogP contribution in [0.5, 0.6) is 0 Å². The zero-order valence-electron chi connectivity index (χ0n) is 12.0. The number of hydrogen-bond acceptors (Lipinski definition) is 3. The van der Waals surface area contributed by atoms with Crippen LogP contribution >= 0.6 is 11.6 Å². The van der Waals surface area contributed by atoms with E-state index in [0.29, 0.717) is 10.6 Å². The summed E-state index contributed by atoms with van der Waals surface area (Å²) in [6, 6.07) is 7.26. The van der Waals surface area contributed by atoms with Crippen molar-refractivity contribution in [3.8, 4) is 5.69 Å². The second-order valence-corrected chi connectivity index (χ2v) is 5.97. The van der Waals surface area contributed by atoms with Crippen LogP contribution in [0.3, 0.4) is 0 Å². The summed E-state index contributed by atoms with van der Waals surface area (Å²) in [6.45, 7) is 7.35. The molecule has 2 rings (SSSR count). The van der Waals surface area contributed by atoms with E-state index >= 15 is 0 Å². The van der Waals surface area contributed by atoms with E-state index in [1.807, 2.05) is 39.8 Å². The maximum absolute atomic E-state index is 12.1. The lowest BCUT2D eigenvalue weighted by Crippen LogP contribution is -2.24. The molecule has 0 fully saturated rings. The van der Waals surface area contributed by atoms with E-state index < -0.39 is 5.60 Å². The number of carbonyl (C=O) groups excluding carboxylic acids is 1. The van der Waals surface area contributed by atoms with E-state index in [-0.39, 0.29) is 5.97 Å².